The van der Waals surface area contributed by atoms with Crippen LogP contribution in [0.15, 0.2) is 29.4 Å². The van der Waals surface area contributed by atoms with Crippen LogP contribution in [0.25, 0.3) is 11.0 Å². The van der Waals surface area contributed by atoms with Gasteiger partial charge in [0, 0.05) is 18.6 Å². The maximum atomic E-state index is 13.4. The highest BCUT2D eigenvalue weighted by Gasteiger charge is 2.39. The van der Waals surface area contributed by atoms with E-state index in [1.54, 1.807) is 0 Å². The number of aryl methyl sites for hydroxylation is 1. The van der Waals surface area contributed by atoms with Crippen molar-refractivity contribution in [3.05, 3.63) is 24.3 Å². The molecule has 0 unspecified atom stereocenters. The van der Waals surface area contributed by atoms with Crippen LogP contribution in [0.3, 0.4) is 0 Å². The van der Waals surface area contributed by atoms with Crippen molar-refractivity contribution < 1.29 is 13.2 Å². The predicted octanol–water partition coefficient (Wildman–Crippen LogP) is 4.13. The quantitative estimate of drug-likeness (QED) is 0.551. The molecule has 8 heteroatoms. The molecule has 0 N–H and O–H groups in total. The Morgan fingerprint density at radius 3 is 2.61 bits per heavy atom. The van der Waals surface area contributed by atoms with Gasteiger partial charge in [0.05, 0.1) is 28.3 Å². The standard InChI is InChI=1S/C23H33N3O3S2/c1-17(2)11-13-25-21-10-6-5-9-20(21)24-23(25)30-15-22(27)26(18-7-3-4-8-18)19-12-14-31(28,29)16-19/h5-6,9-10,17-19H,3-4,7-8,11-16H2,1-2H3/t19-/m1/s1. The van der Waals surface area contributed by atoms with Gasteiger partial charge in [-0.15, -0.1) is 0 Å². The van der Waals surface area contributed by atoms with E-state index in [2.05, 4.69) is 24.5 Å². The molecule has 1 amide bonds. The molecule has 2 heterocycles. The summed E-state index contributed by atoms with van der Waals surface area (Å²) in [5.74, 6) is 1.27. The third-order valence-corrected chi connectivity index (χ3v) is 9.19. The zero-order chi connectivity index (χ0) is 22.0. The molecule has 1 aromatic carbocycles. The monoisotopic (exact) mass is 463 g/mol. The summed E-state index contributed by atoms with van der Waals surface area (Å²) >= 11 is 1.49. The van der Waals surface area contributed by atoms with E-state index in [9.17, 15) is 13.2 Å². The second-order valence-corrected chi connectivity index (χ2v) is 12.5. The summed E-state index contributed by atoms with van der Waals surface area (Å²) in [4.78, 5) is 20.1. The van der Waals surface area contributed by atoms with Crippen LogP contribution in [0.2, 0.25) is 0 Å². The Morgan fingerprint density at radius 1 is 1.19 bits per heavy atom. The van der Waals surface area contributed by atoms with Crippen molar-refractivity contribution in [2.24, 2.45) is 5.92 Å². The van der Waals surface area contributed by atoms with Gasteiger partial charge < -0.3 is 9.47 Å². The van der Waals surface area contributed by atoms with Crippen molar-refractivity contribution in [1.82, 2.24) is 14.5 Å². The van der Waals surface area contributed by atoms with E-state index in [0.29, 0.717) is 18.1 Å². The Balaban J connectivity index is 1.52. The predicted molar refractivity (Wildman–Crippen MR) is 126 cm³/mol. The Hall–Kier alpha value is -1.54. The number of carbonyl (C=O) groups is 1. The first-order valence-corrected chi connectivity index (χ1v) is 14.2. The summed E-state index contributed by atoms with van der Waals surface area (Å²) < 4.78 is 26.4. The number of benzene rings is 1. The summed E-state index contributed by atoms with van der Waals surface area (Å²) in [6.45, 7) is 5.30. The maximum absolute atomic E-state index is 13.4. The number of sulfone groups is 1. The summed E-state index contributed by atoms with van der Waals surface area (Å²) in [7, 11) is -3.03. The average Bonchev–Trinajstić information content (AvgIpc) is 3.44. The highest BCUT2D eigenvalue weighted by molar-refractivity contribution is 7.99. The van der Waals surface area contributed by atoms with Crippen molar-refractivity contribution in [2.45, 2.75) is 76.2 Å². The molecular weight excluding hydrogens is 430 g/mol. The van der Waals surface area contributed by atoms with Crippen LogP contribution < -0.4 is 0 Å². The molecule has 2 aliphatic rings. The average molecular weight is 464 g/mol. The molecule has 31 heavy (non-hydrogen) atoms. The number of para-hydroxylation sites is 2. The number of thioether (sulfide) groups is 1. The molecule has 1 saturated carbocycles. The first-order valence-electron chi connectivity index (χ1n) is 11.4. The molecule has 1 saturated heterocycles. The van der Waals surface area contributed by atoms with E-state index in [4.69, 9.17) is 4.98 Å². The Bertz CT molecular complexity index is 1030. The van der Waals surface area contributed by atoms with E-state index in [1.165, 1.54) is 11.8 Å². The fourth-order valence-electron chi connectivity index (χ4n) is 4.85. The second kappa shape index (κ2) is 9.53. The van der Waals surface area contributed by atoms with Crippen LogP contribution in [-0.2, 0) is 21.2 Å². The van der Waals surface area contributed by atoms with Crippen LogP contribution in [0.4, 0.5) is 0 Å². The van der Waals surface area contributed by atoms with E-state index in [0.717, 1.165) is 54.8 Å². The Morgan fingerprint density at radius 2 is 1.94 bits per heavy atom. The van der Waals surface area contributed by atoms with Crippen molar-refractivity contribution in [3.63, 3.8) is 0 Å². The van der Waals surface area contributed by atoms with E-state index in [1.807, 2.05) is 23.1 Å². The summed E-state index contributed by atoms with van der Waals surface area (Å²) in [6, 6.07) is 8.14. The van der Waals surface area contributed by atoms with Gasteiger partial charge in [-0.1, -0.05) is 50.6 Å². The van der Waals surface area contributed by atoms with Gasteiger partial charge in [-0.2, -0.15) is 0 Å². The van der Waals surface area contributed by atoms with Crippen molar-refractivity contribution in [1.29, 1.82) is 0 Å². The van der Waals surface area contributed by atoms with Crippen LogP contribution in [0.5, 0.6) is 0 Å². The maximum Gasteiger partial charge on any atom is 0.233 e. The lowest BCUT2D eigenvalue weighted by atomic mass is 10.1. The van der Waals surface area contributed by atoms with Gasteiger partial charge in [0.25, 0.3) is 0 Å². The highest BCUT2D eigenvalue weighted by atomic mass is 32.2. The minimum absolute atomic E-state index is 0.0569. The molecule has 4 rings (SSSR count). The lowest BCUT2D eigenvalue weighted by Crippen LogP contribution is -2.47. The number of hydrogen-bond donors (Lipinski definition) is 0. The van der Waals surface area contributed by atoms with Gasteiger partial charge >= 0.3 is 0 Å². The molecule has 2 fully saturated rings. The van der Waals surface area contributed by atoms with Crippen LogP contribution >= 0.6 is 11.8 Å². The fourth-order valence-corrected chi connectivity index (χ4v) is 7.47. The topological polar surface area (TPSA) is 72.3 Å². The first-order chi connectivity index (χ1) is 14.8. The minimum Gasteiger partial charge on any atom is -0.335 e. The number of carbonyl (C=O) groups excluding carboxylic acids is 1. The zero-order valence-electron chi connectivity index (χ0n) is 18.5. The molecule has 1 atom stereocenters. The molecule has 2 aromatic rings. The highest BCUT2D eigenvalue weighted by Crippen LogP contribution is 2.31. The van der Waals surface area contributed by atoms with Gasteiger partial charge in [0.1, 0.15) is 0 Å². The number of aromatic nitrogens is 2. The smallest absolute Gasteiger partial charge is 0.233 e. The lowest BCUT2D eigenvalue weighted by molar-refractivity contribution is -0.132. The molecule has 0 spiro atoms. The SMILES string of the molecule is CC(C)CCn1c(SCC(=O)N(C2CCCC2)[C@@H]2CCS(=O)(=O)C2)nc2ccccc21. The molecule has 6 nitrogen and oxygen atoms in total. The Labute approximate surface area is 189 Å². The van der Waals surface area contributed by atoms with Gasteiger partial charge in [-0.3, -0.25) is 4.79 Å². The van der Waals surface area contributed by atoms with Gasteiger partial charge in [-0.05, 0) is 43.7 Å². The van der Waals surface area contributed by atoms with Crippen LogP contribution in [0, 0.1) is 5.92 Å². The summed E-state index contributed by atoms with van der Waals surface area (Å²) in [5.41, 5.74) is 2.06. The number of fused-ring (bicyclic) bond motifs is 1. The van der Waals surface area contributed by atoms with Crippen molar-refractivity contribution in [3.8, 4) is 0 Å². The van der Waals surface area contributed by atoms with Gasteiger partial charge in [0.15, 0.2) is 15.0 Å². The zero-order valence-corrected chi connectivity index (χ0v) is 20.1. The number of imidazole rings is 1. The minimum atomic E-state index is -3.03. The number of nitrogens with zero attached hydrogens (tertiary/aromatic N) is 3. The third kappa shape index (κ3) is 5.28. The van der Waals surface area contributed by atoms with Crippen LogP contribution in [0.1, 0.15) is 52.4 Å². The molecule has 1 aliphatic carbocycles. The van der Waals surface area contributed by atoms with Gasteiger partial charge in [0.2, 0.25) is 5.91 Å². The molecule has 170 valence electrons. The van der Waals surface area contributed by atoms with Gasteiger partial charge in [-0.25, -0.2) is 13.4 Å². The first kappa shape index (κ1) is 22.6. The lowest BCUT2D eigenvalue weighted by Gasteiger charge is -2.34. The number of amides is 1. The molecule has 0 radical (unpaired) electrons. The van der Waals surface area contributed by atoms with Crippen molar-refractivity contribution in [2.75, 3.05) is 17.3 Å². The van der Waals surface area contributed by atoms with Crippen molar-refractivity contribution >= 4 is 38.5 Å². The van der Waals surface area contributed by atoms with E-state index < -0.39 is 9.84 Å². The molecule has 1 aromatic heterocycles. The van der Waals surface area contributed by atoms with Crippen LogP contribution in [-0.4, -0.2) is 58.1 Å². The summed E-state index contributed by atoms with van der Waals surface area (Å²) in [6.07, 6.45) is 5.83. The molecular formula is C23H33N3O3S2. The molecule has 0 bridgehead atoms. The largest absolute Gasteiger partial charge is 0.335 e. The number of rotatable bonds is 8. The van der Waals surface area contributed by atoms with E-state index >= 15 is 0 Å². The normalized spacial score (nSPS) is 21.3. The Kier molecular flexibility index (Phi) is 6.96. The second-order valence-electron chi connectivity index (χ2n) is 9.30. The summed E-state index contributed by atoms with van der Waals surface area (Å²) in [5, 5.41) is 0.876. The third-order valence-electron chi connectivity index (χ3n) is 6.48. The molecule has 1 aliphatic heterocycles. The number of hydrogen-bond acceptors (Lipinski definition) is 5. The fraction of sp³-hybridized carbons (Fsp3) is 0.652. The van der Waals surface area contributed by atoms with E-state index in [-0.39, 0.29) is 29.5 Å².